The van der Waals surface area contributed by atoms with Crippen LogP contribution in [0.4, 0.5) is 4.39 Å². The van der Waals surface area contributed by atoms with E-state index in [0.717, 1.165) is 44.3 Å². The van der Waals surface area contributed by atoms with Crippen molar-refractivity contribution in [2.24, 2.45) is 5.92 Å². The van der Waals surface area contributed by atoms with Crippen molar-refractivity contribution in [2.75, 3.05) is 6.54 Å². The SMILES string of the molecule is Cc1cnn(C[C@@H]2CCCCN2C(=O)[C@@H]2C[C@H]2c2ccccc2F)c1. The Labute approximate surface area is 147 Å². The van der Waals surface area contributed by atoms with Gasteiger partial charge in [-0.1, -0.05) is 18.2 Å². The number of nitrogens with zero attached hydrogens (tertiary/aromatic N) is 3. The van der Waals surface area contributed by atoms with Gasteiger partial charge in [0.2, 0.25) is 5.91 Å². The average molecular weight is 341 g/mol. The number of hydrogen-bond acceptors (Lipinski definition) is 2. The van der Waals surface area contributed by atoms with Crippen LogP contribution in [0.15, 0.2) is 36.7 Å². The number of carbonyl (C=O) groups is 1. The summed E-state index contributed by atoms with van der Waals surface area (Å²) in [5.41, 5.74) is 1.83. The third-order valence-corrected chi connectivity index (χ3v) is 5.48. The van der Waals surface area contributed by atoms with Crippen LogP contribution in [0.2, 0.25) is 0 Å². The monoisotopic (exact) mass is 341 g/mol. The average Bonchev–Trinajstić information content (AvgIpc) is 3.30. The van der Waals surface area contributed by atoms with Crippen molar-refractivity contribution in [3.05, 3.63) is 53.6 Å². The lowest BCUT2D eigenvalue weighted by molar-refractivity contribution is -0.136. The second kappa shape index (κ2) is 6.62. The zero-order chi connectivity index (χ0) is 17.4. The quantitative estimate of drug-likeness (QED) is 0.853. The van der Waals surface area contributed by atoms with E-state index in [0.29, 0.717) is 5.56 Å². The lowest BCUT2D eigenvalue weighted by Gasteiger charge is -2.36. The molecule has 2 heterocycles. The standard InChI is InChI=1S/C20H24FN3O/c1-14-11-22-23(12-14)13-15-6-4-5-9-24(15)20(25)18-10-17(18)16-7-2-3-8-19(16)21/h2-3,7-8,11-12,15,17-18H,4-6,9-10,13H2,1H3/t15-,17-,18+/m0/s1. The summed E-state index contributed by atoms with van der Waals surface area (Å²) in [5, 5.41) is 4.37. The van der Waals surface area contributed by atoms with E-state index in [4.69, 9.17) is 0 Å². The molecule has 0 unspecified atom stereocenters. The van der Waals surface area contributed by atoms with Gasteiger partial charge in [-0.25, -0.2) is 4.39 Å². The minimum Gasteiger partial charge on any atom is -0.338 e. The highest BCUT2D eigenvalue weighted by atomic mass is 19.1. The molecule has 1 aromatic heterocycles. The topological polar surface area (TPSA) is 38.1 Å². The number of aryl methyl sites for hydroxylation is 1. The van der Waals surface area contributed by atoms with Gasteiger partial charge < -0.3 is 4.90 Å². The normalized spacial score (nSPS) is 25.8. The van der Waals surface area contributed by atoms with Gasteiger partial charge in [0.15, 0.2) is 0 Å². The first-order valence-corrected chi connectivity index (χ1v) is 9.17. The maximum atomic E-state index is 14.0. The van der Waals surface area contributed by atoms with Crippen LogP contribution < -0.4 is 0 Å². The van der Waals surface area contributed by atoms with Crippen molar-refractivity contribution in [1.29, 1.82) is 0 Å². The van der Waals surface area contributed by atoms with E-state index in [9.17, 15) is 9.18 Å². The van der Waals surface area contributed by atoms with Gasteiger partial charge in [0.25, 0.3) is 0 Å². The van der Waals surface area contributed by atoms with Crippen molar-refractivity contribution in [3.63, 3.8) is 0 Å². The molecule has 0 radical (unpaired) electrons. The zero-order valence-corrected chi connectivity index (χ0v) is 14.6. The summed E-state index contributed by atoms with van der Waals surface area (Å²) in [7, 11) is 0. The third-order valence-electron chi connectivity index (χ3n) is 5.48. The van der Waals surface area contributed by atoms with Crippen molar-refractivity contribution in [1.82, 2.24) is 14.7 Å². The molecule has 2 fully saturated rings. The Bertz CT molecular complexity index is 772. The number of hydrogen-bond donors (Lipinski definition) is 0. The van der Waals surface area contributed by atoms with Crippen molar-refractivity contribution < 1.29 is 9.18 Å². The molecule has 0 N–H and O–H groups in total. The van der Waals surface area contributed by atoms with Gasteiger partial charge in [0.05, 0.1) is 18.8 Å². The van der Waals surface area contributed by atoms with Crippen LogP contribution in [0, 0.1) is 18.7 Å². The van der Waals surface area contributed by atoms with Crippen LogP contribution in [0.25, 0.3) is 0 Å². The van der Waals surface area contributed by atoms with Crippen molar-refractivity contribution in [3.8, 4) is 0 Å². The van der Waals surface area contributed by atoms with E-state index in [1.807, 2.05) is 41.0 Å². The molecule has 0 spiro atoms. The Balaban J connectivity index is 1.46. The summed E-state index contributed by atoms with van der Waals surface area (Å²) in [5.74, 6) is -0.00748. The molecule has 4 nitrogen and oxygen atoms in total. The van der Waals surface area contributed by atoms with Crippen LogP contribution in [-0.2, 0) is 11.3 Å². The Hall–Kier alpha value is -2.17. The predicted molar refractivity (Wildman–Crippen MR) is 93.6 cm³/mol. The highest BCUT2D eigenvalue weighted by Crippen LogP contribution is 2.49. The molecule has 3 atom stereocenters. The van der Waals surface area contributed by atoms with Gasteiger partial charge in [-0.15, -0.1) is 0 Å². The number of aromatic nitrogens is 2. The summed E-state index contributed by atoms with van der Waals surface area (Å²) in [6.07, 6.45) is 7.86. The molecule has 2 aromatic rings. The summed E-state index contributed by atoms with van der Waals surface area (Å²) in [6.45, 7) is 3.58. The molecule has 132 valence electrons. The number of benzene rings is 1. The molecule has 1 saturated heterocycles. The van der Waals surface area contributed by atoms with Gasteiger partial charge in [-0.2, -0.15) is 5.10 Å². The van der Waals surface area contributed by atoms with Gasteiger partial charge in [-0.05, 0) is 55.7 Å². The molecule has 1 amide bonds. The van der Waals surface area contributed by atoms with Crippen molar-refractivity contribution >= 4 is 5.91 Å². The Morgan fingerprint density at radius 2 is 2.16 bits per heavy atom. The van der Waals surface area contributed by atoms with E-state index in [1.54, 1.807) is 6.07 Å². The molecule has 2 aliphatic rings. The second-order valence-electron chi connectivity index (χ2n) is 7.39. The summed E-state index contributed by atoms with van der Waals surface area (Å²) in [6, 6.07) is 7.04. The molecular formula is C20H24FN3O. The minimum absolute atomic E-state index is 0.0447. The Kier molecular flexibility index (Phi) is 4.32. The molecule has 25 heavy (non-hydrogen) atoms. The lowest BCUT2D eigenvalue weighted by Crippen LogP contribution is -2.46. The fourth-order valence-corrected chi connectivity index (χ4v) is 4.06. The number of rotatable bonds is 4. The maximum absolute atomic E-state index is 14.0. The fraction of sp³-hybridized carbons (Fsp3) is 0.500. The third kappa shape index (κ3) is 3.32. The highest BCUT2D eigenvalue weighted by Gasteiger charge is 2.48. The maximum Gasteiger partial charge on any atom is 0.226 e. The molecule has 1 aliphatic carbocycles. The minimum atomic E-state index is -0.190. The van der Waals surface area contributed by atoms with E-state index >= 15 is 0 Å². The van der Waals surface area contributed by atoms with Crippen LogP contribution in [0.1, 0.15) is 42.7 Å². The zero-order valence-electron chi connectivity index (χ0n) is 14.6. The number of likely N-dealkylation sites (tertiary alicyclic amines) is 1. The summed E-state index contributed by atoms with van der Waals surface area (Å²) < 4.78 is 15.9. The predicted octanol–water partition coefficient (Wildman–Crippen LogP) is 3.52. The van der Waals surface area contributed by atoms with Crippen LogP contribution in [0.3, 0.4) is 0 Å². The molecule has 5 heteroatoms. The molecule has 1 aliphatic heterocycles. The first-order chi connectivity index (χ1) is 12.1. The van der Waals surface area contributed by atoms with Crippen molar-refractivity contribution in [2.45, 2.75) is 51.1 Å². The van der Waals surface area contributed by atoms with Crippen LogP contribution in [0.5, 0.6) is 0 Å². The first-order valence-electron chi connectivity index (χ1n) is 9.17. The smallest absolute Gasteiger partial charge is 0.226 e. The van der Waals surface area contributed by atoms with E-state index in [-0.39, 0.29) is 29.6 Å². The highest BCUT2D eigenvalue weighted by molar-refractivity contribution is 5.83. The largest absolute Gasteiger partial charge is 0.338 e. The lowest BCUT2D eigenvalue weighted by atomic mass is 10.0. The first kappa shape index (κ1) is 16.3. The van der Waals surface area contributed by atoms with E-state index < -0.39 is 0 Å². The van der Waals surface area contributed by atoms with E-state index in [1.165, 1.54) is 6.07 Å². The van der Waals surface area contributed by atoms with Crippen LogP contribution in [-0.4, -0.2) is 33.2 Å². The van der Waals surface area contributed by atoms with Crippen LogP contribution >= 0.6 is 0 Å². The van der Waals surface area contributed by atoms with Gasteiger partial charge in [0.1, 0.15) is 5.82 Å². The Morgan fingerprint density at radius 3 is 2.92 bits per heavy atom. The Morgan fingerprint density at radius 1 is 1.32 bits per heavy atom. The van der Waals surface area contributed by atoms with Gasteiger partial charge in [0, 0.05) is 18.7 Å². The number of piperidine rings is 1. The fourth-order valence-electron chi connectivity index (χ4n) is 4.06. The molecule has 1 saturated carbocycles. The van der Waals surface area contributed by atoms with Gasteiger partial charge in [-0.3, -0.25) is 9.48 Å². The van der Waals surface area contributed by atoms with Gasteiger partial charge >= 0.3 is 0 Å². The molecule has 0 bridgehead atoms. The number of halogens is 1. The second-order valence-corrected chi connectivity index (χ2v) is 7.39. The molecular weight excluding hydrogens is 317 g/mol. The van der Waals surface area contributed by atoms with E-state index in [2.05, 4.69) is 5.10 Å². The summed E-state index contributed by atoms with van der Waals surface area (Å²) >= 11 is 0. The number of carbonyl (C=O) groups excluding carboxylic acids is 1. The molecule has 1 aromatic carbocycles. The number of amides is 1. The summed E-state index contributed by atoms with van der Waals surface area (Å²) in [4.78, 5) is 15.1. The molecule has 4 rings (SSSR count).